The van der Waals surface area contributed by atoms with E-state index in [4.69, 9.17) is 12.9 Å². The zero-order valence-corrected chi connectivity index (χ0v) is 33.4. The van der Waals surface area contributed by atoms with Gasteiger partial charge in [0.05, 0.1) is 26.4 Å². The van der Waals surface area contributed by atoms with Crippen molar-refractivity contribution in [2.24, 2.45) is 0 Å². The molecule has 0 aromatic heterocycles. The first kappa shape index (κ1) is 43.3. The van der Waals surface area contributed by atoms with Crippen LogP contribution >= 0.6 is 20.6 Å². The van der Waals surface area contributed by atoms with Crippen LogP contribution in [0.25, 0.3) is 0 Å². The molecule has 0 bridgehead atoms. The first-order chi connectivity index (χ1) is 27.3. The number of aliphatic hydroxyl groups is 4. The minimum absolute atomic E-state index is 0.123. The molecule has 9 nitrogen and oxygen atoms in total. The fraction of sp³-hybridized carbons (Fsp3) is 0.318. The zero-order chi connectivity index (χ0) is 39.7. The van der Waals surface area contributed by atoms with E-state index in [0.717, 1.165) is 27.8 Å². The Kier molecular flexibility index (Phi) is 16.7. The molecule has 300 valence electrons. The molecular formula is C44H55BO9S2. The van der Waals surface area contributed by atoms with Gasteiger partial charge in [0, 0.05) is 46.5 Å². The minimum Gasteiger partial charge on any atom is -0.508 e. The maximum absolute atomic E-state index is 10.4. The van der Waals surface area contributed by atoms with Crippen LogP contribution in [-0.4, -0.2) is 94.0 Å². The summed E-state index contributed by atoms with van der Waals surface area (Å²) in [7, 11) is -5.90. The standard InChI is InChI=1S/C44H55BO9S2/c46-26-31-55(32-27-47,35-37-17-21-42(50)22-18-37)53-45(54-56(33-28-48,34-29-49)36-38-19-23-43(51)24-20-38)52-30-10-25-44(39-11-4-1-5-12-39,40-13-6-2-7-14-40)41-15-8-3-9-16-41/h1-9,11-24,46-51H,10,25-36H2. The predicted octanol–water partition coefficient (Wildman–Crippen LogP) is 7.06. The number of rotatable bonds is 24. The quantitative estimate of drug-likeness (QED) is 0.0219. The van der Waals surface area contributed by atoms with E-state index in [0.29, 0.717) is 24.3 Å². The summed E-state index contributed by atoms with van der Waals surface area (Å²) in [6, 6.07) is 44.9. The fourth-order valence-electron chi connectivity index (χ4n) is 7.23. The second kappa shape index (κ2) is 21.6. The predicted molar refractivity (Wildman–Crippen MR) is 229 cm³/mol. The van der Waals surface area contributed by atoms with Crippen molar-refractivity contribution in [1.29, 1.82) is 0 Å². The third-order valence-corrected chi connectivity index (χ3v) is 16.5. The van der Waals surface area contributed by atoms with Gasteiger partial charge >= 0.3 is 7.32 Å². The lowest BCUT2D eigenvalue weighted by Gasteiger charge is -2.45. The number of aliphatic hydroxyl groups excluding tert-OH is 4. The van der Waals surface area contributed by atoms with Crippen molar-refractivity contribution in [3.63, 3.8) is 0 Å². The van der Waals surface area contributed by atoms with Crippen LogP contribution in [0.3, 0.4) is 0 Å². The smallest absolute Gasteiger partial charge is 0.508 e. The maximum atomic E-state index is 10.4. The minimum atomic E-state index is -2.31. The van der Waals surface area contributed by atoms with E-state index < -0.39 is 33.4 Å². The van der Waals surface area contributed by atoms with E-state index in [1.54, 1.807) is 48.5 Å². The number of aromatic hydroxyl groups is 2. The molecule has 0 unspecified atom stereocenters. The van der Waals surface area contributed by atoms with Crippen molar-refractivity contribution in [2.45, 2.75) is 29.8 Å². The Labute approximate surface area is 334 Å². The number of phenols is 2. The highest BCUT2D eigenvalue weighted by atomic mass is 32.3. The highest BCUT2D eigenvalue weighted by Gasteiger charge is 2.41. The van der Waals surface area contributed by atoms with Gasteiger partial charge in [0.2, 0.25) is 0 Å². The van der Waals surface area contributed by atoms with E-state index in [1.165, 1.54) is 0 Å². The average molecular weight is 803 g/mol. The van der Waals surface area contributed by atoms with Crippen LogP contribution in [0, 0.1) is 0 Å². The van der Waals surface area contributed by atoms with Crippen LogP contribution in [0.15, 0.2) is 140 Å². The summed E-state index contributed by atoms with van der Waals surface area (Å²) in [4.78, 5) is 0. The first-order valence-corrected chi connectivity index (χ1v) is 23.1. The lowest BCUT2D eigenvalue weighted by Crippen LogP contribution is -2.37. The Morgan fingerprint density at radius 1 is 0.464 bits per heavy atom. The molecule has 0 saturated carbocycles. The normalized spacial score (nSPS) is 12.7. The van der Waals surface area contributed by atoms with Gasteiger partial charge in [-0.1, -0.05) is 115 Å². The topological polar surface area (TPSA) is 149 Å². The third kappa shape index (κ3) is 11.6. The monoisotopic (exact) mass is 802 g/mol. The summed E-state index contributed by atoms with van der Waals surface area (Å²) >= 11 is 0. The van der Waals surface area contributed by atoms with E-state index in [-0.39, 0.29) is 67.5 Å². The molecule has 56 heavy (non-hydrogen) atoms. The molecular weight excluding hydrogens is 747 g/mol. The fourth-order valence-corrected chi connectivity index (χ4v) is 12.6. The van der Waals surface area contributed by atoms with Crippen molar-refractivity contribution in [3.05, 3.63) is 167 Å². The van der Waals surface area contributed by atoms with Crippen LogP contribution in [0.4, 0.5) is 0 Å². The molecule has 0 aliphatic carbocycles. The van der Waals surface area contributed by atoms with E-state index in [9.17, 15) is 30.6 Å². The second-order valence-electron chi connectivity index (χ2n) is 13.7. The number of phenolic OH excluding ortho intramolecular Hbond substituents is 2. The lowest BCUT2D eigenvalue weighted by molar-refractivity contribution is 0.203. The van der Waals surface area contributed by atoms with Crippen LogP contribution in [0.5, 0.6) is 11.5 Å². The molecule has 0 aliphatic heterocycles. The molecule has 5 rings (SSSR count). The molecule has 0 heterocycles. The number of hydrogen-bond acceptors (Lipinski definition) is 9. The average Bonchev–Trinajstić information content (AvgIpc) is 3.21. The number of benzene rings is 5. The van der Waals surface area contributed by atoms with Crippen molar-refractivity contribution in [1.82, 2.24) is 0 Å². The third-order valence-electron chi connectivity index (χ3n) is 9.90. The first-order valence-electron chi connectivity index (χ1n) is 19.0. The van der Waals surface area contributed by atoms with Gasteiger partial charge in [0.1, 0.15) is 11.5 Å². The summed E-state index contributed by atoms with van der Waals surface area (Å²) in [6.45, 7) is -0.586. The van der Waals surface area contributed by atoms with Crippen LogP contribution in [-0.2, 0) is 29.8 Å². The second-order valence-corrected chi connectivity index (χ2v) is 20.2. The van der Waals surface area contributed by atoms with Crippen LogP contribution in [0.1, 0.15) is 40.7 Å². The van der Waals surface area contributed by atoms with Crippen molar-refractivity contribution in [3.8, 4) is 11.5 Å². The van der Waals surface area contributed by atoms with Gasteiger partial charge in [-0.05, 0) is 64.9 Å². The van der Waals surface area contributed by atoms with Crippen molar-refractivity contribution < 1.29 is 43.5 Å². The highest BCUT2D eigenvalue weighted by Crippen LogP contribution is 2.57. The summed E-state index contributed by atoms with van der Waals surface area (Å²) in [5.41, 5.74) is 4.64. The van der Waals surface area contributed by atoms with Crippen molar-refractivity contribution in [2.75, 3.05) is 56.0 Å². The summed E-state index contributed by atoms with van der Waals surface area (Å²) in [6.07, 6.45) is 1.26. The van der Waals surface area contributed by atoms with Crippen molar-refractivity contribution >= 4 is 27.9 Å². The van der Waals surface area contributed by atoms with Crippen LogP contribution < -0.4 is 0 Å². The molecule has 0 saturated heterocycles. The maximum Gasteiger partial charge on any atom is 0.660 e. The largest absolute Gasteiger partial charge is 0.660 e. The summed E-state index contributed by atoms with van der Waals surface area (Å²) < 4.78 is 20.5. The molecule has 0 amide bonds. The Morgan fingerprint density at radius 2 is 0.804 bits per heavy atom. The molecule has 0 aliphatic rings. The van der Waals surface area contributed by atoms with Gasteiger partial charge in [-0.25, -0.2) is 0 Å². The van der Waals surface area contributed by atoms with Gasteiger partial charge in [0.25, 0.3) is 0 Å². The Morgan fingerprint density at radius 3 is 1.12 bits per heavy atom. The van der Waals surface area contributed by atoms with E-state index >= 15 is 0 Å². The van der Waals surface area contributed by atoms with Gasteiger partial charge in [0.15, 0.2) is 0 Å². The van der Waals surface area contributed by atoms with Gasteiger partial charge in [-0.15, -0.1) is 20.6 Å². The summed E-state index contributed by atoms with van der Waals surface area (Å²) in [5, 5.41) is 61.4. The van der Waals surface area contributed by atoms with Crippen LogP contribution in [0.2, 0.25) is 0 Å². The molecule has 0 spiro atoms. The Balaban J connectivity index is 1.51. The lowest BCUT2D eigenvalue weighted by atomic mass is 9.67. The van der Waals surface area contributed by atoms with E-state index in [2.05, 4.69) is 72.8 Å². The molecule has 0 atom stereocenters. The van der Waals surface area contributed by atoms with Gasteiger partial charge in [-0.2, -0.15) is 0 Å². The highest BCUT2D eigenvalue weighted by molar-refractivity contribution is 8.30. The zero-order valence-electron chi connectivity index (χ0n) is 31.8. The Bertz CT molecular complexity index is 1660. The number of hydrogen-bond donors (Lipinski definition) is 6. The summed E-state index contributed by atoms with van der Waals surface area (Å²) in [5.74, 6) is 1.89. The van der Waals surface area contributed by atoms with Gasteiger partial charge in [-0.3, -0.25) is 0 Å². The van der Waals surface area contributed by atoms with Gasteiger partial charge < -0.3 is 43.5 Å². The molecule has 5 aromatic carbocycles. The van der Waals surface area contributed by atoms with E-state index in [1.807, 2.05) is 18.2 Å². The Hall–Kier alpha value is -3.82. The molecule has 0 radical (unpaired) electrons. The molecule has 6 N–H and O–H groups in total. The molecule has 12 heteroatoms. The molecule has 0 fully saturated rings. The molecule has 5 aromatic rings. The SMILES string of the molecule is OCCS(CCO)(Cc1ccc(O)cc1)OB(OCCCC(c1ccccc1)(c1ccccc1)c1ccccc1)OS(CCO)(CCO)Cc1ccc(O)cc1.